The monoisotopic (exact) mass is 306 g/mol. The smallest absolute Gasteiger partial charge is 0.326 e. The van der Waals surface area contributed by atoms with Crippen molar-refractivity contribution in [1.82, 2.24) is 4.90 Å². The Kier molecular flexibility index (Phi) is 4.83. The van der Waals surface area contributed by atoms with Gasteiger partial charge in [0.1, 0.15) is 6.04 Å². The van der Waals surface area contributed by atoms with Gasteiger partial charge in [0.05, 0.1) is 23.5 Å². The molecule has 1 aliphatic heterocycles. The van der Waals surface area contributed by atoms with Gasteiger partial charge in [0.25, 0.3) is 5.91 Å². The number of nitriles is 1. The molecule has 0 aromatic heterocycles. The highest BCUT2D eigenvalue weighted by Gasteiger charge is 2.39. The summed E-state index contributed by atoms with van der Waals surface area (Å²) in [5.74, 6) is -1.35. The van der Waals surface area contributed by atoms with Gasteiger partial charge in [0.2, 0.25) is 0 Å². The molecule has 1 amide bonds. The molecule has 1 heterocycles. The number of nitrogens with zero attached hydrogens (tertiary/aromatic N) is 2. The summed E-state index contributed by atoms with van der Waals surface area (Å²) in [6.07, 6.45) is -0.789. The average molecular weight is 306 g/mol. The lowest BCUT2D eigenvalue weighted by molar-refractivity contribution is -0.141. The first-order valence-corrected chi connectivity index (χ1v) is 7.33. The molecule has 0 unspecified atom stereocenters. The number of aliphatic hydroxyl groups excluding tert-OH is 1. The predicted octanol–water partition coefficient (Wildman–Crippen LogP) is 0.962. The minimum absolute atomic E-state index is 0.00699. The molecule has 1 aromatic carbocycles. The van der Waals surface area contributed by atoms with Crippen molar-refractivity contribution in [2.75, 3.05) is 12.3 Å². The van der Waals surface area contributed by atoms with E-state index in [1.165, 1.54) is 16.7 Å². The number of carbonyl (C=O) groups is 2. The third-order valence-corrected chi connectivity index (χ3v) is 4.18. The molecular weight excluding hydrogens is 292 g/mol. The first-order chi connectivity index (χ1) is 10.0. The van der Waals surface area contributed by atoms with E-state index in [1.807, 2.05) is 6.07 Å². The Morgan fingerprint density at radius 2 is 2.14 bits per heavy atom. The van der Waals surface area contributed by atoms with Gasteiger partial charge in [-0.3, -0.25) is 4.79 Å². The topological polar surface area (TPSA) is 102 Å². The molecule has 0 bridgehead atoms. The van der Waals surface area contributed by atoms with Gasteiger partial charge in [-0.2, -0.15) is 5.26 Å². The van der Waals surface area contributed by atoms with Gasteiger partial charge in [0, 0.05) is 17.9 Å². The van der Waals surface area contributed by atoms with Crippen LogP contribution in [0.1, 0.15) is 16.8 Å². The molecule has 21 heavy (non-hydrogen) atoms. The molecule has 1 saturated heterocycles. The van der Waals surface area contributed by atoms with Gasteiger partial charge in [-0.25, -0.2) is 4.79 Å². The SMILES string of the molecule is N#CCSc1ccccc1C(=O)N1C[C@@H](O)C[C@H]1C(=O)O. The maximum atomic E-state index is 12.5. The molecular formula is C14H14N2O4S. The number of thioether (sulfide) groups is 1. The van der Waals surface area contributed by atoms with Crippen LogP contribution in [0.5, 0.6) is 0 Å². The maximum Gasteiger partial charge on any atom is 0.326 e. The highest BCUT2D eigenvalue weighted by atomic mass is 32.2. The van der Waals surface area contributed by atoms with E-state index >= 15 is 0 Å². The molecule has 1 aliphatic rings. The Morgan fingerprint density at radius 1 is 1.43 bits per heavy atom. The number of rotatable bonds is 4. The quantitative estimate of drug-likeness (QED) is 0.803. The van der Waals surface area contributed by atoms with Crippen molar-refractivity contribution in [3.63, 3.8) is 0 Å². The fourth-order valence-electron chi connectivity index (χ4n) is 2.31. The zero-order valence-electron chi connectivity index (χ0n) is 11.1. The molecule has 1 aromatic rings. The zero-order chi connectivity index (χ0) is 15.4. The molecule has 0 spiro atoms. The summed E-state index contributed by atoms with van der Waals surface area (Å²) < 4.78 is 0. The lowest BCUT2D eigenvalue weighted by Crippen LogP contribution is -2.40. The van der Waals surface area contributed by atoms with Crippen molar-refractivity contribution in [2.24, 2.45) is 0 Å². The molecule has 7 heteroatoms. The minimum Gasteiger partial charge on any atom is -0.480 e. The van der Waals surface area contributed by atoms with Crippen LogP contribution in [0.15, 0.2) is 29.2 Å². The molecule has 0 aliphatic carbocycles. The Morgan fingerprint density at radius 3 is 2.81 bits per heavy atom. The molecule has 2 N–H and O–H groups in total. The molecule has 110 valence electrons. The molecule has 1 fully saturated rings. The molecule has 2 rings (SSSR count). The molecule has 0 radical (unpaired) electrons. The number of carboxylic acids is 1. The summed E-state index contributed by atoms with van der Waals surface area (Å²) in [6.45, 7) is 0.00699. The van der Waals surface area contributed by atoms with Crippen LogP contribution in [0, 0.1) is 11.3 Å². The van der Waals surface area contributed by atoms with Crippen molar-refractivity contribution >= 4 is 23.6 Å². The fraction of sp³-hybridized carbons (Fsp3) is 0.357. The van der Waals surface area contributed by atoms with Gasteiger partial charge in [0.15, 0.2) is 0 Å². The third-order valence-electron chi connectivity index (χ3n) is 3.23. The van der Waals surface area contributed by atoms with Gasteiger partial charge in [-0.1, -0.05) is 12.1 Å². The number of carboxylic acid groups (broad SMARTS) is 1. The summed E-state index contributed by atoms with van der Waals surface area (Å²) in [7, 11) is 0. The summed E-state index contributed by atoms with van der Waals surface area (Å²) in [5.41, 5.74) is 0.359. The maximum absolute atomic E-state index is 12.5. The van der Waals surface area contributed by atoms with E-state index in [4.69, 9.17) is 10.4 Å². The lowest BCUT2D eigenvalue weighted by atomic mass is 10.1. The third kappa shape index (κ3) is 3.35. The van der Waals surface area contributed by atoms with Crippen LogP contribution in [-0.4, -0.2) is 51.4 Å². The number of aliphatic hydroxyl groups is 1. The van der Waals surface area contributed by atoms with E-state index in [0.29, 0.717) is 10.5 Å². The van der Waals surface area contributed by atoms with Gasteiger partial charge < -0.3 is 15.1 Å². The number of likely N-dealkylation sites (tertiary alicyclic amines) is 1. The van der Waals surface area contributed by atoms with E-state index in [-0.39, 0.29) is 18.7 Å². The number of β-amino-alcohol motifs (C(OH)–C–C–N with tert-alkyl or cyclic N) is 1. The van der Waals surface area contributed by atoms with E-state index < -0.39 is 24.0 Å². The fourth-order valence-corrected chi connectivity index (χ4v) is 3.01. The van der Waals surface area contributed by atoms with E-state index in [0.717, 1.165) is 0 Å². The highest BCUT2D eigenvalue weighted by molar-refractivity contribution is 7.99. The number of hydrogen-bond donors (Lipinski definition) is 2. The molecule has 6 nitrogen and oxygen atoms in total. The minimum atomic E-state index is -1.12. The van der Waals surface area contributed by atoms with Crippen molar-refractivity contribution in [2.45, 2.75) is 23.5 Å². The second-order valence-electron chi connectivity index (χ2n) is 4.64. The number of aliphatic carboxylic acids is 1. The van der Waals surface area contributed by atoms with Crippen LogP contribution in [0.4, 0.5) is 0 Å². The summed E-state index contributed by atoms with van der Waals surface area (Å²) >= 11 is 1.23. The van der Waals surface area contributed by atoms with Gasteiger partial charge in [-0.05, 0) is 12.1 Å². The second-order valence-corrected chi connectivity index (χ2v) is 5.66. The van der Waals surface area contributed by atoms with Crippen LogP contribution < -0.4 is 0 Å². The van der Waals surface area contributed by atoms with Gasteiger partial charge >= 0.3 is 5.97 Å². The number of amides is 1. The van der Waals surface area contributed by atoms with Crippen molar-refractivity contribution in [3.8, 4) is 6.07 Å². The Balaban J connectivity index is 2.27. The summed E-state index contributed by atoms with van der Waals surface area (Å²) in [5, 5.41) is 27.4. The summed E-state index contributed by atoms with van der Waals surface area (Å²) in [6, 6.07) is 7.74. The van der Waals surface area contributed by atoms with Crippen molar-refractivity contribution < 1.29 is 19.8 Å². The second kappa shape index (κ2) is 6.61. The van der Waals surface area contributed by atoms with Crippen LogP contribution in [0.2, 0.25) is 0 Å². The van der Waals surface area contributed by atoms with Gasteiger partial charge in [-0.15, -0.1) is 11.8 Å². The average Bonchev–Trinajstić information content (AvgIpc) is 2.87. The standard InChI is InChI=1S/C14H14N2O4S/c15-5-6-21-12-4-2-1-3-10(12)13(18)16-8-9(17)7-11(16)14(19)20/h1-4,9,11,17H,6-8H2,(H,19,20)/t9-,11-/m0/s1. The summed E-state index contributed by atoms with van der Waals surface area (Å²) in [4.78, 5) is 25.6. The number of hydrogen-bond acceptors (Lipinski definition) is 5. The lowest BCUT2D eigenvalue weighted by Gasteiger charge is -2.22. The predicted molar refractivity (Wildman–Crippen MR) is 75.9 cm³/mol. The normalized spacial score (nSPS) is 21.0. The molecule has 0 saturated carbocycles. The van der Waals surface area contributed by atoms with E-state index in [2.05, 4.69) is 0 Å². The number of carbonyl (C=O) groups excluding carboxylic acids is 1. The molecule has 2 atom stereocenters. The van der Waals surface area contributed by atoms with Crippen LogP contribution >= 0.6 is 11.8 Å². The Labute approximate surface area is 126 Å². The highest BCUT2D eigenvalue weighted by Crippen LogP contribution is 2.27. The first kappa shape index (κ1) is 15.4. The largest absolute Gasteiger partial charge is 0.480 e. The zero-order valence-corrected chi connectivity index (χ0v) is 11.9. The van der Waals surface area contributed by atoms with Crippen molar-refractivity contribution in [3.05, 3.63) is 29.8 Å². The number of benzene rings is 1. The Bertz CT molecular complexity index is 599. The first-order valence-electron chi connectivity index (χ1n) is 6.35. The van der Waals surface area contributed by atoms with Crippen LogP contribution in [0.3, 0.4) is 0 Å². The van der Waals surface area contributed by atoms with Crippen LogP contribution in [0.25, 0.3) is 0 Å². The van der Waals surface area contributed by atoms with Crippen LogP contribution in [-0.2, 0) is 4.79 Å². The van der Waals surface area contributed by atoms with E-state index in [9.17, 15) is 14.7 Å². The Hall–Kier alpha value is -2.04. The van der Waals surface area contributed by atoms with E-state index in [1.54, 1.807) is 24.3 Å². The van der Waals surface area contributed by atoms with Crippen molar-refractivity contribution in [1.29, 1.82) is 5.26 Å².